The van der Waals surface area contributed by atoms with E-state index in [1.54, 1.807) is 12.1 Å². The van der Waals surface area contributed by atoms with E-state index in [-0.39, 0.29) is 10.6 Å². The van der Waals surface area contributed by atoms with Crippen LogP contribution in [0.15, 0.2) is 30.3 Å². The summed E-state index contributed by atoms with van der Waals surface area (Å²) < 4.78 is 0.421. The van der Waals surface area contributed by atoms with Crippen molar-refractivity contribution in [1.29, 1.82) is 0 Å². The van der Waals surface area contributed by atoms with Gasteiger partial charge in [0.05, 0.1) is 15.1 Å². The molecule has 0 unspecified atom stereocenters. The van der Waals surface area contributed by atoms with E-state index >= 15 is 0 Å². The predicted octanol–water partition coefficient (Wildman–Crippen LogP) is 3.80. The molecule has 17 heavy (non-hydrogen) atoms. The van der Waals surface area contributed by atoms with Crippen molar-refractivity contribution >= 4 is 35.3 Å². The highest BCUT2D eigenvalue weighted by molar-refractivity contribution is 8.20. The van der Waals surface area contributed by atoms with Crippen LogP contribution >= 0.6 is 23.5 Å². The first-order chi connectivity index (χ1) is 8.16. The molecule has 0 aromatic heterocycles. The minimum absolute atomic E-state index is 0.171. The van der Waals surface area contributed by atoms with Crippen LogP contribution in [0.4, 0.5) is 5.69 Å². The zero-order valence-corrected chi connectivity index (χ0v) is 11.0. The molecule has 1 aromatic carbocycles. The lowest BCUT2D eigenvalue weighted by Gasteiger charge is -2.01. The maximum atomic E-state index is 10.8. The van der Waals surface area contributed by atoms with E-state index in [0.29, 0.717) is 15.4 Å². The van der Waals surface area contributed by atoms with Gasteiger partial charge in [0, 0.05) is 17.1 Å². The molecule has 1 saturated heterocycles. The molecule has 5 heteroatoms. The van der Waals surface area contributed by atoms with Crippen LogP contribution in [0.2, 0.25) is 0 Å². The van der Waals surface area contributed by atoms with E-state index in [9.17, 15) is 10.1 Å². The Morgan fingerprint density at radius 2 is 2.24 bits per heavy atom. The van der Waals surface area contributed by atoms with Gasteiger partial charge < -0.3 is 0 Å². The average molecular weight is 267 g/mol. The summed E-state index contributed by atoms with van der Waals surface area (Å²) in [6.07, 6.45) is 3.92. The largest absolute Gasteiger partial charge is 0.276 e. The molecule has 0 aliphatic carbocycles. The zero-order chi connectivity index (χ0) is 12.3. The summed E-state index contributed by atoms with van der Waals surface area (Å²) in [5.74, 6) is 1.15. The summed E-state index contributed by atoms with van der Waals surface area (Å²) in [7, 11) is 0. The number of nitro benzene ring substituents is 1. The Bertz CT molecular complexity index is 448. The van der Waals surface area contributed by atoms with Crippen LogP contribution < -0.4 is 0 Å². The molecule has 1 fully saturated rings. The lowest BCUT2D eigenvalue weighted by atomic mass is 10.2. The molecule has 0 bridgehead atoms. The molecule has 1 aromatic rings. The molecule has 1 aliphatic rings. The predicted molar refractivity (Wildman–Crippen MR) is 75.4 cm³/mol. The molecule has 0 amide bonds. The van der Waals surface area contributed by atoms with E-state index in [4.69, 9.17) is 0 Å². The van der Waals surface area contributed by atoms with Crippen LogP contribution in [0.1, 0.15) is 12.5 Å². The van der Waals surface area contributed by atoms with Crippen LogP contribution in [0.25, 0.3) is 6.08 Å². The highest BCUT2D eigenvalue weighted by Gasteiger charge is 2.20. The molecule has 90 valence electrons. The van der Waals surface area contributed by atoms with Gasteiger partial charge in [0.1, 0.15) is 0 Å². The van der Waals surface area contributed by atoms with Crippen molar-refractivity contribution in [2.24, 2.45) is 0 Å². The van der Waals surface area contributed by atoms with Gasteiger partial charge in [-0.3, -0.25) is 10.1 Å². The van der Waals surface area contributed by atoms with E-state index in [0.717, 1.165) is 5.75 Å². The zero-order valence-electron chi connectivity index (χ0n) is 9.41. The minimum Gasteiger partial charge on any atom is -0.258 e. The molecule has 2 rings (SSSR count). The van der Waals surface area contributed by atoms with Gasteiger partial charge in [-0.05, 0) is 6.07 Å². The van der Waals surface area contributed by atoms with Gasteiger partial charge in [-0.15, -0.1) is 23.5 Å². The van der Waals surface area contributed by atoms with E-state index in [2.05, 4.69) is 13.0 Å². The van der Waals surface area contributed by atoms with Gasteiger partial charge in [0.25, 0.3) is 5.69 Å². The second-order valence-corrected chi connectivity index (χ2v) is 6.88. The first kappa shape index (κ1) is 12.5. The van der Waals surface area contributed by atoms with E-state index in [1.807, 2.05) is 35.7 Å². The number of thioether (sulfide) groups is 2. The molecule has 0 saturated carbocycles. The van der Waals surface area contributed by atoms with Gasteiger partial charge in [0.2, 0.25) is 0 Å². The Balaban J connectivity index is 2.13. The second-order valence-electron chi connectivity index (χ2n) is 3.82. The maximum absolute atomic E-state index is 10.8. The van der Waals surface area contributed by atoms with Crippen LogP contribution in [-0.2, 0) is 0 Å². The maximum Gasteiger partial charge on any atom is 0.276 e. The topological polar surface area (TPSA) is 43.1 Å². The lowest BCUT2D eigenvalue weighted by Crippen LogP contribution is -1.92. The van der Waals surface area contributed by atoms with Crippen LogP contribution in [0, 0.1) is 10.1 Å². The van der Waals surface area contributed by atoms with Crippen molar-refractivity contribution in [3.05, 3.63) is 46.0 Å². The second kappa shape index (κ2) is 5.60. The van der Waals surface area contributed by atoms with Gasteiger partial charge >= 0.3 is 0 Å². The first-order valence-electron chi connectivity index (χ1n) is 5.35. The quantitative estimate of drug-likeness (QED) is 0.617. The molecular weight excluding hydrogens is 254 g/mol. The number of hydrogen-bond acceptors (Lipinski definition) is 4. The summed E-state index contributed by atoms with van der Waals surface area (Å²) in [6.45, 7) is 2.20. The summed E-state index contributed by atoms with van der Waals surface area (Å²) >= 11 is 3.80. The van der Waals surface area contributed by atoms with Gasteiger partial charge in [-0.25, -0.2) is 0 Å². The van der Waals surface area contributed by atoms with E-state index in [1.165, 1.54) is 6.07 Å². The third-order valence-corrected chi connectivity index (χ3v) is 5.62. The van der Waals surface area contributed by atoms with E-state index < -0.39 is 0 Å². The van der Waals surface area contributed by atoms with Crippen molar-refractivity contribution < 1.29 is 4.92 Å². The summed E-state index contributed by atoms with van der Waals surface area (Å²) in [5, 5.41) is 11.5. The van der Waals surface area contributed by atoms with Crippen LogP contribution in [-0.4, -0.2) is 20.5 Å². The van der Waals surface area contributed by atoms with Crippen molar-refractivity contribution in [2.45, 2.75) is 16.8 Å². The highest BCUT2D eigenvalue weighted by Crippen LogP contribution is 2.38. The molecule has 1 aliphatic heterocycles. The fraction of sp³-hybridized carbons (Fsp3) is 0.333. The monoisotopic (exact) mass is 267 g/mol. The fourth-order valence-electron chi connectivity index (χ4n) is 1.62. The normalized spacial score (nSPS) is 24.3. The Morgan fingerprint density at radius 1 is 1.47 bits per heavy atom. The van der Waals surface area contributed by atoms with Crippen molar-refractivity contribution in [2.75, 3.05) is 5.75 Å². The molecule has 0 spiro atoms. The average Bonchev–Trinajstić information content (AvgIpc) is 2.73. The molecule has 0 radical (unpaired) electrons. The Morgan fingerprint density at radius 3 is 2.88 bits per heavy atom. The third-order valence-electron chi connectivity index (χ3n) is 2.43. The fourth-order valence-corrected chi connectivity index (χ4v) is 4.56. The molecular formula is C12H13NO2S2. The number of benzene rings is 1. The molecule has 3 nitrogen and oxygen atoms in total. The Kier molecular flexibility index (Phi) is 4.12. The smallest absolute Gasteiger partial charge is 0.258 e. The standard InChI is InChI=1S/C12H13NO2S2/c1-9-8-16-12(17-9)7-6-10-4-2-3-5-11(10)13(14)15/h2-7,9,12H,8H2,1H3/b7-6-/t9-,12+/m0/s1. The summed E-state index contributed by atoms with van der Waals surface area (Å²) in [4.78, 5) is 10.5. The minimum atomic E-state index is -0.336. The number of para-hydroxylation sites is 1. The highest BCUT2D eigenvalue weighted by atomic mass is 32.2. The lowest BCUT2D eigenvalue weighted by molar-refractivity contribution is -0.385. The van der Waals surface area contributed by atoms with Gasteiger partial charge in [-0.2, -0.15) is 0 Å². The molecule has 1 heterocycles. The van der Waals surface area contributed by atoms with Gasteiger partial charge in [-0.1, -0.05) is 31.2 Å². The number of hydrogen-bond donors (Lipinski definition) is 0. The third kappa shape index (κ3) is 3.26. The van der Waals surface area contributed by atoms with Gasteiger partial charge in [0.15, 0.2) is 0 Å². The first-order valence-corrected chi connectivity index (χ1v) is 7.34. The molecule has 0 N–H and O–H groups in total. The van der Waals surface area contributed by atoms with Crippen molar-refractivity contribution in [3.63, 3.8) is 0 Å². The van der Waals surface area contributed by atoms with Crippen LogP contribution in [0.3, 0.4) is 0 Å². The van der Waals surface area contributed by atoms with Crippen molar-refractivity contribution in [1.82, 2.24) is 0 Å². The Hall–Kier alpha value is -0.940. The van der Waals surface area contributed by atoms with Crippen molar-refractivity contribution in [3.8, 4) is 0 Å². The number of nitrogens with zero attached hydrogens (tertiary/aromatic N) is 1. The SMILES string of the molecule is C[C@H]1CS[C@@H](/C=C\c2ccccc2[N+](=O)[O-])S1. The summed E-state index contributed by atoms with van der Waals surface area (Å²) in [6, 6.07) is 6.83. The molecule has 2 atom stereocenters. The number of nitro groups is 1. The summed E-state index contributed by atoms with van der Waals surface area (Å²) in [5.41, 5.74) is 0.850. The Labute approximate surface area is 109 Å². The number of rotatable bonds is 3. The van der Waals surface area contributed by atoms with Crippen LogP contribution in [0.5, 0.6) is 0 Å².